The largest absolute Gasteiger partial charge is 0.414 e. The van der Waals surface area contributed by atoms with Gasteiger partial charge in [0.25, 0.3) is 0 Å². The summed E-state index contributed by atoms with van der Waals surface area (Å²) in [5.41, 5.74) is 7.56. The average Bonchev–Trinajstić information content (AvgIpc) is 1.80. The molecular weight excluding hydrogens is 163 g/mol. The highest BCUT2D eigenvalue weighted by molar-refractivity contribution is 4.67. The van der Waals surface area contributed by atoms with Gasteiger partial charge in [-0.3, -0.25) is 0 Å². The minimum Gasteiger partial charge on any atom is -0.384 e. The fourth-order valence-electron chi connectivity index (χ4n) is 0.217. The molecule has 0 aliphatic rings. The van der Waals surface area contributed by atoms with Crippen molar-refractivity contribution >= 4 is 0 Å². The monoisotopic (exact) mass is 171 g/mol. The second-order valence-corrected chi connectivity index (χ2v) is 1.47. The summed E-state index contributed by atoms with van der Waals surface area (Å²) in [5, 5.41) is 10.7. The predicted molar refractivity (Wildman–Crippen MR) is 32.8 cm³/mol. The summed E-state index contributed by atoms with van der Waals surface area (Å²) >= 11 is 0. The first-order valence-corrected chi connectivity index (χ1v) is 2.24. The van der Waals surface area contributed by atoms with Crippen LogP contribution in [0.25, 0.3) is 10.4 Å². The van der Waals surface area contributed by atoms with Crippen LogP contribution in [0.3, 0.4) is 0 Å². The lowest BCUT2D eigenvalue weighted by Gasteiger charge is -2.10. The molecule has 0 aromatic heterocycles. The Morgan fingerprint density at radius 1 is 1.55 bits per heavy atom. The molecule has 0 heterocycles. The summed E-state index contributed by atoms with van der Waals surface area (Å²) < 4.78 is 34.0. The zero-order chi connectivity index (χ0) is 8.20. The standard InChI is InChI=1S/C3H4F3N3O.CH4/c4-3(5,6)2(10)1-8-9-7;/h2,10H,1H2;1H4. The van der Waals surface area contributed by atoms with Crippen LogP contribution in [-0.4, -0.2) is 23.9 Å². The Morgan fingerprint density at radius 2 is 2.00 bits per heavy atom. The summed E-state index contributed by atoms with van der Waals surface area (Å²) in [4.78, 5) is 2.05. The average molecular weight is 171 g/mol. The minimum atomic E-state index is -4.70. The molecule has 0 aliphatic heterocycles. The van der Waals surface area contributed by atoms with Gasteiger partial charge in [0.15, 0.2) is 6.10 Å². The number of rotatable bonds is 2. The number of azide groups is 1. The van der Waals surface area contributed by atoms with E-state index in [1.54, 1.807) is 0 Å². The zero-order valence-electron chi connectivity index (χ0n) is 4.71. The molecule has 4 nitrogen and oxygen atoms in total. The molecule has 0 rings (SSSR count). The van der Waals surface area contributed by atoms with Crippen molar-refractivity contribution in [2.24, 2.45) is 5.11 Å². The van der Waals surface area contributed by atoms with Gasteiger partial charge in [0.1, 0.15) is 0 Å². The van der Waals surface area contributed by atoms with E-state index in [9.17, 15) is 13.2 Å². The number of hydrogen-bond acceptors (Lipinski definition) is 2. The van der Waals surface area contributed by atoms with Crippen molar-refractivity contribution in [3.8, 4) is 0 Å². The zero-order valence-corrected chi connectivity index (χ0v) is 4.71. The van der Waals surface area contributed by atoms with E-state index in [0.29, 0.717) is 0 Å². The molecule has 0 aliphatic carbocycles. The van der Waals surface area contributed by atoms with Crippen molar-refractivity contribution in [2.75, 3.05) is 6.54 Å². The van der Waals surface area contributed by atoms with Crippen LogP contribution in [0.1, 0.15) is 7.43 Å². The smallest absolute Gasteiger partial charge is 0.384 e. The molecule has 11 heavy (non-hydrogen) atoms. The lowest BCUT2D eigenvalue weighted by molar-refractivity contribution is -0.199. The molecule has 66 valence electrons. The van der Waals surface area contributed by atoms with Gasteiger partial charge in [-0.2, -0.15) is 13.2 Å². The summed E-state index contributed by atoms with van der Waals surface area (Å²) in [7, 11) is 0. The van der Waals surface area contributed by atoms with Gasteiger partial charge in [0.2, 0.25) is 0 Å². The molecule has 0 spiro atoms. The van der Waals surface area contributed by atoms with Crippen LogP contribution in [0.15, 0.2) is 5.11 Å². The topological polar surface area (TPSA) is 69.0 Å². The van der Waals surface area contributed by atoms with E-state index >= 15 is 0 Å². The molecule has 1 unspecified atom stereocenters. The van der Waals surface area contributed by atoms with Crippen molar-refractivity contribution in [1.29, 1.82) is 0 Å². The second-order valence-electron chi connectivity index (χ2n) is 1.47. The van der Waals surface area contributed by atoms with E-state index in [2.05, 4.69) is 10.0 Å². The van der Waals surface area contributed by atoms with Crippen molar-refractivity contribution < 1.29 is 18.3 Å². The summed E-state index contributed by atoms with van der Waals surface area (Å²) in [6, 6.07) is 0. The fourth-order valence-corrected chi connectivity index (χ4v) is 0.217. The molecule has 0 bridgehead atoms. The Hall–Kier alpha value is -0.940. The first-order chi connectivity index (χ1) is 4.48. The number of hydrogen-bond donors (Lipinski definition) is 1. The highest BCUT2D eigenvalue weighted by atomic mass is 19.4. The fraction of sp³-hybridized carbons (Fsp3) is 1.00. The summed E-state index contributed by atoms with van der Waals surface area (Å²) in [6.07, 6.45) is -7.25. The molecule has 0 aromatic rings. The van der Waals surface area contributed by atoms with E-state index in [0.717, 1.165) is 0 Å². The van der Waals surface area contributed by atoms with Crippen LogP contribution in [0.4, 0.5) is 13.2 Å². The van der Waals surface area contributed by atoms with E-state index in [1.165, 1.54) is 0 Å². The van der Waals surface area contributed by atoms with Crippen LogP contribution in [0, 0.1) is 0 Å². The Balaban J connectivity index is 0. The van der Waals surface area contributed by atoms with E-state index in [1.807, 2.05) is 0 Å². The maximum atomic E-state index is 11.3. The van der Waals surface area contributed by atoms with Gasteiger partial charge < -0.3 is 5.11 Å². The molecule has 0 fully saturated rings. The minimum absolute atomic E-state index is 0. The van der Waals surface area contributed by atoms with Crippen molar-refractivity contribution in [2.45, 2.75) is 19.7 Å². The van der Waals surface area contributed by atoms with Crippen LogP contribution in [0.2, 0.25) is 0 Å². The number of halogens is 3. The molecule has 0 amide bonds. The Labute approximate surface area is 61.3 Å². The van der Waals surface area contributed by atoms with Crippen LogP contribution < -0.4 is 0 Å². The number of aliphatic hydroxyl groups is 1. The molecular formula is C4H8F3N3O. The molecule has 1 N–H and O–H groups in total. The molecule has 0 radical (unpaired) electrons. The third-order valence-electron chi connectivity index (χ3n) is 0.696. The third kappa shape index (κ3) is 5.50. The summed E-state index contributed by atoms with van der Waals surface area (Å²) in [6.45, 7) is -0.972. The van der Waals surface area contributed by atoms with Crippen molar-refractivity contribution in [1.82, 2.24) is 0 Å². The van der Waals surface area contributed by atoms with Crippen molar-refractivity contribution in [3.63, 3.8) is 0 Å². The lowest BCUT2D eigenvalue weighted by Crippen LogP contribution is -2.30. The highest BCUT2D eigenvalue weighted by Crippen LogP contribution is 2.19. The maximum Gasteiger partial charge on any atom is 0.414 e. The van der Waals surface area contributed by atoms with Crippen LogP contribution >= 0.6 is 0 Å². The van der Waals surface area contributed by atoms with Crippen molar-refractivity contribution in [3.05, 3.63) is 10.4 Å². The van der Waals surface area contributed by atoms with Gasteiger partial charge in [-0.25, -0.2) is 0 Å². The molecule has 7 heteroatoms. The SMILES string of the molecule is C.[N-]=[N+]=NCC(O)C(F)(F)F. The number of aliphatic hydroxyl groups excluding tert-OH is 1. The van der Waals surface area contributed by atoms with Crippen LogP contribution in [-0.2, 0) is 0 Å². The molecule has 0 aromatic carbocycles. The highest BCUT2D eigenvalue weighted by Gasteiger charge is 2.37. The van der Waals surface area contributed by atoms with Gasteiger partial charge in [-0.1, -0.05) is 12.5 Å². The number of alkyl halides is 3. The number of nitrogens with zero attached hydrogens (tertiary/aromatic N) is 3. The first kappa shape index (κ1) is 12.7. The lowest BCUT2D eigenvalue weighted by atomic mass is 10.3. The Morgan fingerprint density at radius 3 is 2.27 bits per heavy atom. The van der Waals surface area contributed by atoms with E-state index in [4.69, 9.17) is 10.6 Å². The van der Waals surface area contributed by atoms with Crippen LogP contribution in [0.5, 0.6) is 0 Å². The van der Waals surface area contributed by atoms with Gasteiger partial charge >= 0.3 is 6.18 Å². The summed E-state index contributed by atoms with van der Waals surface area (Å²) in [5.74, 6) is 0. The predicted octanol–water partition coefficient (Wildman–Crippen LogP) is 1.86. The van der Waals surface area contributed by atoms with E-state index < -0.39 is 18.8 Å². The van der Waals surface area contributed by atoms with Gasteiger partial charge in [0.05, 0.1) is 6.54 Å². The molecule has 1 atom stereocenters. The van der Waals surface area contributed by atoms with Gasteiger partial charge in [-0.05, 0) is 5.53 Å². The normalized spacial score (nSPS) is 12.7. The molecule has 0 saturated carbocycles. The second kappa shape index (κ2) is 4.81. The van der Waals surface area contributed by atoms with Gasteiger partial charge in [-0.15, -0.1) is 0 Å². The first-order valence-electron chi connectivity index (χ1n) is 2.24. The third-order valence-corrected chi connectivity index (χ3v) is 0.696. The molecule has 0 saturated heterocycles. The maximum absolute atomic E-state index is 11.3. The Bertz CT molecular complexity index is 151. The quantitative estimate of drug-likeness (QED) is 0.384. The van der Waals surface area contributed by atoms with Gasteiger partial charge in [0, 0.05) is 4.91 Å². The van der Waals surface area contributed by atoms with E-state index in [-0.39, 0.29) is 7.43 Å². The Kier molecular flexibility index (Phi) is 5.56.